The van der Waals surface area contributed by atoms with Crippen LogP contribution in [0, 0.1) is 0 Å². The molecule has 0 bridgehead atoms. The summed E-state index contributed by atoms with van der Waals surface area (Å²) in [7, 11) is 1.72. The van der Waals surface area contributed by atoms with Gasteiger partial charge in [-0.25, -0.2) is 5.43 Å². The van der Waals surface area contributed by atoms with Crippen molar-refractivity contribution in [3.8, 4) is 0 Å². The van der Waals surface area contributed by atoms with E-state index in [-0.39, 0.29) is 5.91 Å². The third-order valence-corrected chi connectivity index (χ3v) is 2.53. The normalized spacial score (nSPS) is 14.9. The molecule has 13 heavy (non-hydrogen) atoms. The molecule has 4 heteroatoms. The number of nitrogens with one attached hydrogen (secondary N) is 1. The fourth-order valence-corrected chi connectivity index (χ4v) is 1.71. The second-order valence-corrected chi connectivity index (χ2v) is 3.29. The zero-order valence-electron chi connectivity index (χ0n) is 7.17. The molecule has 1 aromatic rings. The van der Waals surface area contributed by atoms with Crippen LogP contribution in [0.4, 0.5) is 0 Å². The first-order valence-electron chi connectivity index (χ1n) is 4.00. The Morgan fingerprint density at radius 3 is 2.92 bits per heavy atom. The highest BCUT2D eigenvalue weighted by Gasteiger charge is 2.27. The molecule has 1 N–H and O–H groups in total. The number of carbonyl (C=O) groups is 1. The minimum atomic E-state index is -0.0139. The van der Waals surface area contributed by atoms with E-state index in [9.17, 15) is 4.79 Å². The number of rotatable bonds is 1. The fraction of sp³-hybridized carbons (Fsp3) is 0.222. The minimum Gasteiger partial charge on any atom is -0.270 e. The second kappa shape index (κ2) is 3.01. The van der Waals surface area contributed by atoms with Gasteiger partial charge in [0, 0.05) is 23.2 Å². The van der Waals surface area contributed by atoms with E-state index in [1.807, 2.05) is 0 Å². The number of hydrogen-bond donors (Lipinski definition) is 1. The van der Waals surface area contributed by atoms with Crippen molar-refractivity contribution in [3.63, 3.8) is 0 Å². The Bertz CT molecular complexity index is 365. The number of fused-ring (bicyclic) bond motifs is 1. The predicted octanol–water partition coefficient (Wildman–Crippen LogP) is 1.43. The Hall–Kier alpha value is -1.06. The Kier molecular flexibility index (Phi) is 1.98. The first-order chi connectivity index (χ1) is 6.24. The molecule has 0 unspecified atom stereocenters. The van der Waals surface area contributed by atoms with Crippen molar-refractivity contribution in [3.05, 3.63) is 34.3 Å². The molecular formula is C9H9ClN2O. The van der Waals surface area contributed by atoms with E-state index in [4.69, 9.17) is 11.6 Å². The summed E-state index contributed by atoms with van der Waals surface area (Å²) in [5.41, 5.74) is 4.42. The van der Waals surface area contributed by atoms with Crippen molar-refractivity contribution < 1.29 is 4.79 Å². The molecule has 3 nitrogen and oxygen atoms in total. The van der Waals surface area contributed by atoms with Gasteiger partial charge >= 0.3 is 0 Å². The van der Waals surface area contributed by atoms with Gasteiger partial charge in [-0.2, -0.15) is 0 Å². The number of halogens is 1. The molecule has 1 aliphatic heterocycles. The van der Waals surface area contributed by atoms with E-state index in [0.29, 0.717) is 17.1 Å². The first-order valence-corrected chi connectivity index (χ1v) is 4.38. The molecule has 0 aliphatic carbocycles. The predicted molar refractivity (Wildman–Crippen MR) is 50.4 cm³/mol. The fourth-order valence-electron chi connectivity index (χ4n) is 1.48. The van der Waals surface area contributed by atoms with Crippen LogP contribution < -0.4 is 5.43 Å². The van der Waals surface area contributed by atoms with E-state index in [2.05, 4.69) is 5.43 Å². The van der Waals surface area contributed by atoms with Crippen LogP contribution in [0.2, 0.25) is 5.02 Å². The molecule has 0 aromatic heterocycles. The van der Waals surface area contributed by atoms with Gasteiger partial charge in [0.2, 0.25) is 0 Å². The lowest BCUT2D eigenvalue weighted by molar-refractivity contribution is 0.0707. The van der Waals surface area contributed by atoms with Crippen molar-refractivity contribution in [1.29, 1.82) is 0 Å². The van der Waals surface area contributed by atoms with E-state index >= 15 is 0 Å². The third-order valence-electron chi connectivity index (χ3n) is 2.18. The highest BCUT2D eigenvalue weighted by Crippen LogP contribution is 2.27. The highest BCUT2D eigenvalue weighted by molar-refractivity contribution is 6.32. The third kappa shape index (κ3) is 1.20. The van der Waals surface area contributed by atoms with Gasteiger partial charge in [-0.3, -0.25) is 9.80 Å². The summed E-state index contributed by atoms with van der Waals surface area (Å²) in [5, 5.41) is 2.19. The molecule has 0 fully saturated rings. The van der Waals surface area contributed by atoms with E-state index in [1.54, 1.807) is 25.2 Å². The number of carbonyl (C=O) groups excluding carboxylic acids is 1. The molecular weight excluding hydrogens is 188 g/mol. The van der Waals surface area contributed by atoms with Gasteiger partial charge < -0.3 is 0 Å². The monoisotopic (exact) mass is 196 g/mol. The Morgan fingerprint density at radius 2 is 2.31 bits per heavy atom. The van der Waals surface area contributed by atoms with Crippen LogP contribution in [-0.2, 0) is 6.54 Å². The zero-order valence-corrected chi connectivity index (χ0v) is 7.93. The van der Waals surface area contributed by atoms with Crippen molar-refractivity contribution in [2.45, 2.75) is 6.54 Å². The molecule has 1 aliphatic rings. The Morgan fingerprint density at radius 1 is 1.54 bits per heavy atom. The van der Waals surface area contributed by atoms with Crippen LogP contribution in [0.5, 0.6) is 0 Å². The van der Waals surface area contributed by atoms with E-state index < -0.39 is 0 Å². The molecule has 68 valence electrons. The van der Waals surface area contributed by atoms with Crippen molar-refractivity contribution in [2.24, 2.45) is 0 Å². The van der Waals surface area contributed by atoms with Gasteiger partial charge in [0.1, 0.15) is 0 Å². The summed E-state index contributed by atoms with van der Waals surface area (Å²) in [6.07, 6.45) is 0. The average Bonchev–Trinajstić information content (AvgIpc) is 2.45. The Balaban J connectivity index is 2.49. The lowest BCUT2D eigenvalue weighted by Gasteiger charge is -2.12. The molecule has 2 rings (SSSR count). The van der Waals surface area contributed by atoms with Crippen LogP contribution in [-0.4, -0.2) is 18.0 Å². The van der Waals surface area contributed by atoms with Gasteiger partial charge in [0.25, 0.3) is 5.91 Å². The number of benzene rings is 1. The van der Waals surface area contributed by atoms with Gasteiger partial charge in [0.15, 0.2) is 0 Å². The molecule has 0 saturated carbocycles. The van der Waals surface area contributed by atoms with Gasteiger partial charge in [-0.05, 0) is 12.1 Å². The molecule has 0 spiro atoms. The smallest absolute Gasteiger partial charge is 0.268 e. The topological polar surface area (TPSA) is 32.3 Å². The highest BCUT2D eigenvalue weighted by atomic mass is 35.5. The number of amides is 1. The van der Waals surface area contributed by atoms with Gasteiger partial charge in [0.05, 0.1) is 6.54 Å². The maximum Gasteiger partial charge on any atom is 0.268 e. The molecule has 1 heterocycles. The zero-order chi connectivity index (χ0) is 9.42. The molecule has 1 amide bonds. The molecule has 0 saturated heterocycles. The SMILES string of the molecule is CNN1Cc2c(Cl)cccc2C1=O. The summed E-state index contributed by atoms with van der Waals surface area (Å²) in [5.74, 6) is -0.0139. The van der Waals surface area contributed by atoms with Crippen LogP contribution in [0.1, 0.15) is 15.9 Å². The number of hydrazine groups is 1. The number of hydrogen-bond acceptors (Lipinski definition) is 2. The quantitative estimate of drug-likeness (QED) is 0.737. The van der Waals surface area contributed by atoms with Gasteiger partial charge in [-0.1, -0.05) is 17.7 Å². The lowest BCUT2D eigenvalue weighted by Crippen LogP contribution is -2.34. The van der Waals surface area contributed by atoms with Crippen molar-refractivity contribution in [2.75, 3.05) is 7.05 Å². The maximum absolute atomic E-state index is 11.6. The maximum atomic E-state index is 11.6. The summed E-state index contributed by atoms with van der Waals surface area (Å²) in [6, 6.07) is 5.38. The Labute approximate surface area is 81.3 Å². The first kappa shape index (κ1) is 8.53. The minimum absolute atomic E-state index is 0.0139. The van der Waals surface area contributed by atoms with E-state index in [0.717, 1.165) is 5.56 Å². The largest absolute Gasteiger partial charge is 0.270 e. The van der Waals surface area contributed by atoms with Crippen LogP contribution in [0.25, 0.3) is 0 Å². The van der Waals surface area contributed by atoms with Crippen molar-refractivity contribution in [1.82, 2.24) is 10.4 Å². The summed E-state index contributed by atoms with van der Waals surface area (Å²) in [4.78, 5) is 11.6. The lowest BCUT2D eigenvalue weighted by atomic mass is 10.1. The second-order valence-electron chi connectivity index (χ2n) is 2.88. The molecule has 1 aromatic carbocycles. The summed E-state index contributed by atoms with van der Waals surface area (Å²) in [6.45, 7) is 0.546. The average molecular weight is 197 g/mol. The van der Waals surface area contributed by atoms with E-state index in [1.165, 1.54) is 5.01 Å². The standard InChI is InChI=1S/C9H9ClN2O/c1-11-12-5-7-6(9(12)13)3-2-4-8(7)10/h2-4,11H,5H2,1H3. The number of nitrogens with zero attached hydrogens (tertiary/aromatic N) is 1. The molecule has 0 radical (unpaired) electrons. The van der Waals surface area contributed by atoms with Crippen LogP contribution in [0.3, 0.4) is 0 Å². The van der Waals surface area contributed by atoms with Crippen molar-refractivity contribution >= 4 is 17.5 Å². The van der Waals surface area contributed by atoms with Crippen LogP contribution in [0.15, 0.2) is 18.2 Å². The van der Waals surface area contributed by atoms with Crippen LogP contribution >= 0.6 is 11.6 Å². The summed E-state index contributed by atoms with van der Waals surface area (Å²) >= 11 is 5.95. The summed E-state index contributed by atoms with van der Waals surface area (Å²) < 4.78 is 0. The van der Waals surface area contributed by atoms with Gasteiger partial charge in [-0.15, -0.1) is 0 Å². The molecule has 0 atom stereocenters.